The van der Waals surface area contributed by atoms with Crippen LogP contribution in [-0.4, -0.2) is 24.1 Å². The number of rotatable bonds is 10. The van der Waals surface area contributed by atoms with Gasteiger partial charge in [0.05, 0.1) is 18.9 Å². The zero-order chi connectivity index (χ0) is 23.8. The molecule has 5 nitrogen and oxygen atoms in total. The summed E-state index contributed by atoms with van der Waals surface area (Å²) in [6.45, 7) is 5.15. The topological polar surface area (TPSA) is 60.5 Å². The van der Waals surface area contributed by atoms with Crippen molar-refractivity contribution in [2.45, 2.75) is 26.7 Å². The van der Waals surface area contributed by atoms with Crippen LogP contribution >= 0.6 is 11.3 Å². The smallest absolute Gasteiger partial charge is 0.255 e. The van der Waals surface area contributed by atoms with E-state index in [1.807, 2.05) is 49.4 Å². The van der Waals surface area contributed by atoms with Crippen molar-refractivity contribution in [3.63, 3.8) is 0 Å². The van der Waals surface area contributed by atoms with Gasteiger partial charge >= 0.3 is 0 Å². The van der Waals surface area contributed by atoms with Crippen LogP contribution in [0, 0.1) is 0 Å². The van der Waals surface area contributed by atoms with E-state index in [1.54, 1.807) is 29.5 Å². The van der Waals surface area contributed by atoms with Gasteiger partial charge in [-0.2, -0.15) is 0 Å². The summed E-state index contributed by atoms with van der Waals surface area (Å²) in [6.07, 6.45) is 2.03. The molecule has 0 aliphatic carbocycles. The number of hydrogen-bond donors (Lipinski definition) is 1. The highest BCUT2D eigenvalue weighted by Gasteiger charge is 2.13. The first-order valence-corrected chi connectivity index (χ1v) is 12.4. The Bertz CT molecular complexity index is 1220. The van der Waals surface area contributed by atoms with Gasteiger partial charge in [-0.25, -0.2) is 4.98 Å². The van der Waals surface area contributed by atoms with Crippen molar-refractivity contribution in [3.05, 3.63) is 83.7 Å². The average Bonchev–Trinajstić information content (AvgIpc) is 3.36. The molecule has 0 aliphatic rings. The third kappa shape index (κ3) is 5.83. The maximum absolute atomic E-state index is 12.8. The minimum absolute atomic E-state index is 0.200. The van der Waals surface area contributed by atoms with Crippen molar-refractivity contribution in [2.24, 2.45) is 0 Å². The van der Waals surface area contributed by atoms with Crippen LogP contribution in [0.25, 0.3) is 21.8 Å². The predicted molar refractivity (Wildman–Crippen MR) is 139 cm³/mol. The standard InChI is InChI=1S/C28H28N2O3S/c1-3-5-17-33-25-16-13-22(18-26(25)32-4-2)27(31)29-23-14-11-20(12-15-23)24-19-34-28(30-24)21-9-7-6-8-10-21/h6-16,18-19H,3-5,17H2,1-2H3,(H,29,31). The SMILES string of the molecule is CCCCOc1ccc(C(=O)Nc2ccc(-c3csc(-c4ccccc4)n3)cc2)cc1OCC. The molecular weight excluding hydrogens is 444 g/mol. The first kappa shape index (κ1) is 23.5. The number of thiazole rings is 1. The van der Waals surface area contributed by atoms with E-state index in [0.29, 0.717) is 36.0 Å². The van der Waals surface area contributed by atoms with E-state index in [2.05, 4.69) is 29.8 Å². The number of ether oxygens (including phenoxy) is 2. The molecule has 4 rings (SSSR count). The number of amides is 1. The lowest BCUT2D eigenvalue weighted by Crippen LogP contribution is -2.12. The van der Waals surface area contributed by atoms with Crippen molar-refractivity contribution >= 4 is 22.9 Å². The molecule has 0 radical (unpaired) electrons. The van der Waals surface area contributed by atoms with Crippen molar-refractivity contribution < 1.29 is 14.3 Å². The molecule has 0 bridgehead atoms. The van der Waals surface area contributed by atoms with Gasteiger partial charge in [0.15, 0.2) is 11.5 Å². The summed E-state index contributed by atoms with van der Waals surface area (Å²) in [6, 6.07) is 23.1. The van der Waals surface area contributed by atoms with Gasteiger partial charge in [-0.15, -0.1) is 11.3 Å². The van der Waals surface area contributed by atoms with E-state index < -0.39 is 0 Å². The molecule has 3 aromatic carbocycles. The highest BCUT2D eigenvalue weighted by Crippen LogP contribution is 2.31. The molecular formula is C28H28N2O3S. The van der Waals surface area contributed by atoms with Crippen molar-refractivity contribution in [1.29, 1.82) is 0 Å². The lowest BCUT2D eigenvalue weighted by Gasteiger charge is -2.13. The molecule has 6 heteroatoms. The lowest BCUT2D eigenvalue weighted by atomic mass is 10.1. The largest absolute Gasteiger partial charge is 0.490 e. The molecule has 34 heavy (non-hydrogen) atoms. The lowest BCUT2D eigenvalue weighted by molar-refractivity contribution is 0.102. The molecule has 0 aliphatic heterocycles. The quantitative estimate of drug-likeness (QED) is 0.246. The highest BCUT2D eigenvalue weighted by molar-refractivity contribution is 7.13. The van der Waals surface area contributed by atoms with Gasteiger partial charge in [-0.1, -0.05) is 55.8 Å². The van der Waals surface area contributed by atoms with Crippen molar-refractivity contribution in [1.82, 2.24) is 4.98 Å². The Morgan fingerprint density at radius 2 is 1.71 bits per heavy atom. The Balaban J connectivity index is 1.43. The molecule has 1 heterocycles. The number of unbranched alkanes of at least 4 members (excludes halogenated alkanes) is 1. The molecule has 0 unspecified atom stereocenters. The molecule has 0 saturated carbocycles. The summed E-state index contributed by atoms with van der Waals surface area (Å²) in [7, 11) is 0. The molecule has 4 aromatic rings. The van der Waals surface area contributed by atoms with Crippen LogP contribution in [0.2, 0.25) is 0 Å². The van der Waals surface area contributed by atoms with Crippen molar-refractivity contribution in [3.8, 4) is 33.3 Å². The van der Waals surface area contributed by atoms with E-state index in [-0.39, 0.29) is 5.91 Å². The van der Waals surface area contributed by atoms with Gasteiger partial charge in [0.25, 0.3) is 5.91 Å². The van der Waals surface area contributed by atoms with E-state index in [1.165, 1.54) is 0 Å². The van der Waals surface area contributed by atoms with Crippen LogP contribution in [-0.2, 0) is 0 Å². The Kier molecular flexibility index (Phi) is 7.94. The molecule has 1 aromatic heterocycles. The molecule has 0 atom stereocenters. The summed E-state index contributed by atoms with van der Waals surface area (Å²) >= 11 is 1.62. The van der Waals surface area contributed by atoms with E-state index in [9.17, 15) is 4.79 Å². The minimum Gasteiger partial charge on any atom is -0.490 e. The third-order valence-corrected chi connectivity index (χ3v) is 6.12. The number of aromatic nitrogens is 1. The number of carbonyl (C=O) groups excluding carboxylic acids is 1. The Morgan fingerprint density at radius 3 is 2.44 bits per heavy atom. The molecule has 1 amide bonds. The second-order valence-electron chi connectivity index (χ2n) is 7.73. The van der Waals surface area contributed by atoms with E-state index in [4.69, 9.17) is 14.5 Å². The van der Waals surface area contributed by atoms with Crippen LogP contribution in [0.1, 0.15) is 37.0 Å². The summed E-state index contributed by atoms with van der Waals surface area (Å²) in [5.74, 6) is 1.04. The van der Waals surface area contributed by atoms with Crippen molar-refractivity contribution in [2.75, 3.05) is 18.5 Å². The van der Waals surface area contributed by atoms with Crippen LogP contribution in [0.15, 0.2) is 78.2 Å². The predicted octanol–water partition coefficient (Wildman–Crippen LogP) is 7.31. The average molecular weight is 473 g/mol. The van der Waals surface area contributed by atoms with Gasteiger partial charge in [0, 0.05) is 27.8 Å². The summed E-state index contributed by atoms with van der Waals surface area (Å²) in [4.78, 5) is 17.6. The molecule has 1 N–H and O–H groups in total. The number of carbonyl (C=O) groups is 1. The summed E-state index contributed by atoms with van der Waals surface area (Å²) < 4.78 is 11.5. The van der Waals surface area contributed by atoms with Crippen LogP contribution in [0.3, 0.4) is 0 Å². The maximum Gasteiger partial charge on any atom is 0.255 e. The first-order chi connectivity index (χ1) is 16.7. The molecule has 0 spiro atoms. The number of hydrogen-bond acceptors (Lipinski definition) is 5. The summed E-state index contributed by atoms with van der Waals surface area (Å²) in [5.41, 5.74) is 4.26. The monoisotopic (exact) mass is 472 g/mol. The first-order valence-electron chi connectivity index (χ1n) is 11.5. The number of anilines is 1. The van der Waals surface area contributed by atoms with E-state index in [0.717, 1.165) is 34.7 Å². The second-order valence-corrected chi connectivity index (χ2v) is 8.59. The Labute approximate surface area is 204 Å². The third-order valence-electron chi connectivity index (χ3n) is 5.22. The number of nitrogens with zero attached hydrogens (tertiary/aromatic N) is 1. The second kappa shape index (κ2) is 11.5. The fourth-order valence-electron chi connectivity index (χ4n) is 3.41. The fourth-order valence-corrected chi connectivity index (χ4v) is 4.25. The highest BCUT2D eigenvalue weighted by atomic mass is 32.1. The normalized spacial score (nSPS) is 10.6. The minimum atomic E-state index is -0.200. The molecule has 174 valence electrons. The van der Waals surface area contributed by atoms with Crippen LogP contribution < -0.4 is 14.8 Å². The Hall–Kier alpha value is -3.64. The van der Waals surface area contributed by atoms with Gasteiger partial charge < -0.3 is 14.8 Å². The molecule has 0 fully saturated rings. The zero-order valence-corrected chi connectivity index (χ0v) is 20.2. The van der Waals surface area contributed by atoms with Gasteiger partial charge in [-0.3, -0.25) is 4.79 Å². The van der Waals surface area contributed by atoms with Gasteiger partial charge in [0.1, 0.15) is 5.01 Å². The van der Waals surface area contributed by atoms with Gasteiger partial charge in [-0.05, 0) is 43.7 Å². The molecule has 0 saturated heterocycles. The van der Waals surface area contributed by atoms with E-state index >= 15 is 0 Å². The van der Waals surface area contributed by atoms with Crippen LogP contribution in [0.4, 0.5) is 5.69 Å². The Morgan fingerprint density at radius 1 is 0.912 bits per heavy atom. The number of nitrogens with one attached hydrogen (secondary N) is 1. The fraction of sp³-hybridized carbons (Fsp3) is 0.214. The van der Waals surface area contributed by atoms with Crippen LogP contribution in [0.5, 0.6) is 11.5 Å². The zero-order valence-electron chi connectivity index (χ0n) is 19.4. The maximum atomic E-state index is 12.8. The van der Waals surface area contributed by atoms with Gasteiger partial charge in [0.2, 0.25) is 0 Å². The number of benzene rings is 3. The summed E-state index contributed by atoms with van der Waals surface area (Å²) in [5, 5.41) is 5.99.